The summed E-state index contributed by atoms with van der Waals surface area (Å²) < 4.78 is 1.85. The third-order valence-corrected chi connectivity index (χ3v) is 4.86. The number of rotatable bonds is 2. The Bertz CT molecular complexity index is 638. The fourth-order valence-corrected chi connectivity index (χ4v) is 2.52. The normalized spacial score (nSPS) is 10.3. The molecule has 19 heavy (non-hydrogen) atoms. The highest BCUT2D eigenvalue weighted by atomic mass is 79.9. The van der Waals surface area contributed by atoms with Crippen molar-refractivity contribution in [1.82, 2.24) is 0 Å². The number of aryl methyl sites for hydroxylation is 1. The lowest BCUT2D eigenvalue weighted by Gasteiger charge is -2.11. The number of benzene rings is 2. The maximum Gasteiger partial charge on any atom is 0.255 e. The van der Waals surface area contributed by atoms with Gasteiger partial charge < -0.3 is 5.32 Å². The molecular weight excluding hydrogens is 370 g/mol. The van der Waals surface area contributed by atoms with Gasteiger partial charge in [-0.25, -0.2) is 0 Å². The molecular formula is C15H13Br2NO. The number of carbonyl (C=O) groups is 1. The highest BCUT2D eigenvalue weighted by Gasteiger charge is 2.12. The second-order valence-corrected chi connectivity index (χ2v) is 5.95. The van der Waals surface area contributed by atoms with E-state index in [-0.39, 0.29) is 5.91 Å². The van der Waals surface area contributed by atoms with E-state index in [1.807, 2.05) is 50.2 Å². The van der Waals surface area contributed by atoms with E-state index in [0.29, 0.717) is 5.56 Å². The number of carbonyl (C=O) groups excluding carboxylic acids is 1. The smallest absolute Gasteiger partial charge is 0.255 e. The van der Waals surface area contributed by atoms with E-state index in [1.165, 1.54) is 0 Å². The molecule has 0 aromatic heterocycles. The van der Waals surface area contributed by atoms with Crippen molar-refractivity contribution in [2.45, 2.75) is 13.8 Å². The van der Waals surface area contributed by atoms with Crippen LogP contribution in [0.1, 0.15) is 21.5 Å². The molecule has 4 heteroatoms. The molecule has 2 nitrogen and oxygen atoms in total. The zero-order valence-electron chi connectivity index (χ0n) is 10.6. The molecule has 98 valence electrons. The topological polar surface area (TPSA) is 29.1 Å². The fourth-order valence-electron chi connectivity index (χ4n) is 1.79. The summed E-state index contributed by atoms with van der Waals surface area (Å²) in [6, 6.07) is 11.4. The Morgan fingerprint density at radius 1 is 1.05 bits per heavy atom. The lowest BCUT2D eigenvalue weighted by Crippen LogP contribution is -2.14. The third kappa shape index (κ3) is 3.07. The molecule has 0 bridgehead atoms. The van der Waals surface area contributed by atoms with Crippen LogP contribution >= 0.6 is 31.9 Å². The van der Waals surface area contributed by atoms with Gasteiger partial charge in [0.2, 0.25) is 0 Å². The molecule has 0 heterocycles. The predicted octanol–water partition coefficient (Wildman–Crippen LogP) is 5.08. The van der Waals surface area contributed by atoms with Gasteiger partial charge in [0, 0.05) is 14.5 Å². The Hall–Kier alpha value is -1.13. The van der Waals surface area contributed by atoms with Crippen molar-refractivity contribution in [3.8, 4) is 0 Å². The summed E-state index contributed by atoms with van der Waals surface area (Å²) >= 11 is 6.93. The van der Waals surface area contributed by atoms with E-state index >= 15 is 0 Å². The Kier molecular flexibility index (Phi) is 4.42. The van der Waals surface area contributed by atoms with Crippen LogP contribution < -0.4 is 5.32 Å². The Balaban J connectivity index is 2.31. The summed E-state index contributed by atoms with van der Waals surface area (Å²) in [6.45, 7) is 3.91. The molecule has 0 saturated heterocycles. The van der Waals surface area contributed by atoms with Gasteiger partial charge in [0.15, 0.2) is 0 Å². The van der Waals surface area contributed by atoms with E-state index in [4.69, 9.17) is 0 Å². The molecule has 0 atom stereocenters. The van der Waals surface area contributed by atoms with Gasteiger partial charge in [-0.2, -0.15) is 0 Å². The van der Waals surface area contributed by atoms with Gasteiger partial charge in [0.25, 0.3) is 5.91 Å². The molecule has 0 radical (unpaired) electrons. The quantitative estimate of drug-likeness (QED) is 0.770. The second-order valence-electron chi connectivity index (χ2n) is 4.30. The summed E-state index contributed by atoms with van der Waals surface area (Å²) in [5.41, 5.74) is 3.47. The molecule has 1 N–H and O–H groups in total. The molecule has 0 aliphatic carbocycles. The fraction of sp³-hybridized carbons (Fsp3) is 0.133. The van der Waals surface area contributed by atoms with E-state index in [1.54, 1.807) is 0 Å². The van der Waals surface area contributed by atoms with Gasteiger partial charge in [-0.05, 0) is 59.1 Å². The first-order chi connectivity index (χ1) is 9.00. The summed E-state index contributed by atoms with van der Waals surface area (Å²) in [4.78, 5) is 12.3. The lowest BCUT2D eigenvalue weighted by atomic mass is 10.1. The average molecular weight is 383 g/mol. The molecule has 1 amide bonds. The van der Waals surface area contributed by atoms with E-state index in [0.717, 1.165) is 25.8 Å². The van der Waals surface area contributed by atoms with Crippen LogP contribution in [0.15, 0.2) is 45.3 Å². The van der Waals surface area contributed by atoms with Crippen LogP contribution in [0, 0.1) is 13.8 Å². The highest BCUT2D eigenvalue weighted by molar-refractivity contribution is 9.11. The van der Waals surface area contributed by atoms with Crippen molar-refractivity contribution >= 4 is 43.5 Å². The molecule has 0 unspecified atom stereocenters. The average Bonchev–Trinajstić information content (AvgIpc) is 2.38. The van der Waals surface area contributed by atoms with Crippen molar-refractivity contribution in [3.05, 3.63) is 62.0 Å². The third-order valence-electron chi connectivity index (χ3n) is 2.95. The van der Waals surface area contributed by atoms with Gasteiger partial charge in [-0.3, -0.25) is 4.79 Å². The van der Waals surface area contributed by atoms with Crippen molar-refractivity contribution in [2.24, 2.45) is 0 Å². The molecule has 2 aromatic rings. The Morgan fingerprint density at radius 3 is 2.47 bits per heavy atom. The van der Waals surface area contributed by atoms with E-state index in [9.17, 15) is 4.79 Å². The summed E-state index contributed by atoms with van der Waals surface area (Å²) in [5.74, 6) is -0.106. The van der Waals surface area contributed by atoms with Crippen LogP contribution in [0.5, 0.6) is 0 Å². The number of anilines is 1. The maximum absolute atomic E-state index is 12.3. The second kappa shape index (κ2) is 5.88. The molecule has 0 fully saturated rings. The molecule has 0 aliphatic heterocycles. The summed E-state index contributed by atoms with van der Waals surface area (Å²) in [5, 5.41) is 2.93. The number of nitrogens with one attached hydrogen (secondary N) is 1. The van der Waals surface area contributed by atoms with Crippen LogP contribution in [0.2, 0.25) is 0 Å². The molecule has 0 aliphatic rings. The number of amides is 1. The van der Waals surface area contributed by atoms with Gasteiger partial charge in [-0.1, -0.05) is 34.1 Å². The van der Waals surface area contributed by atoms with Crippen LogP contribution in [-0.2, 0) is 0 Å². The monoisotopic (exact) mass is 381 g/mol. The van der Waals surface area contributed by atoms with Gasteiger partial charge in [-0.15, -0.1) is 0 Å². The van der Waals surface area contributed by atoms with Crippen molar-refractivity contribution in [2.75, 3.05) is 5.32 Å². The van der Waals surface area contributed by atoms with E-state index in [2.05, 4.69) is 37.2 Å². The number of hydrogen-bond acceptors (Lipinski definition) is 1. The Labute approximate surface area is 129 Å². The standard InChI is InChI=1S/C15H13Br2NO/c1-9-5-3-8-13(14(9)17)18-15(19)11-6-4-7-12(16)10(11)2/h3-8H,1-2H3,(H,18,19). The molecule has 0 spiro atoms. The van der Waals surface area contributed by atoms with Gasteiger partial charge in [0.1, 0.15) is 0 Å². The van der Waals surface area contributed by atoms with Crippen molar-refractivity contribution < 1.29 is 4.79 Å². The Morgan fingerprint density at radius 2 is 1.74 bits per heavy atom. The van der Waals surface area contributed by atoms with Crippen LogP contribution in [-0.4, -0.2) is 5.91 Å². The minimum atomic E-state index is -0.106. The van der Waals surface area contributed by atoms with Gasteiger partial charge >= 0.3 is 0 Å². The molecule has 0 saturated carbocycles. The summed E-state index contributed by atoms with van der Waals surface area (Å²) in [6.07, 6.45) is 0. The first-order valence-corrected chi connectivity index (χ1v) is 7.41. The SMILES string of the molecule is Cc1cccc(NC(=O)c2cccc(Br)c2C)c1Br. The lowest BCUT2D eigenvalue weighted by molar-refractivity contribution is 0.102. The maximum atomic E-state index is 12.3. The number of hydrogen-bond donors (Lipinski definition) is 1. The summed E-state index contributed by atoms with van der Waals surface area (Å²) in [7, 11) is 0. The predicted molar refractivity (Wildman–Crippen MR) is 85.7 cm³/mol. The minimum Gasteiger partial charge on any atom is -0.321 e. The van der Waals surface area contributed by atoms with Crippen LogP contribution in [0.3, 0.4) is 0 Å². The molecule has 2 rings (SSSR count). The first-order valence-electron chi connectivity index (χ1n) is 5.82. The molecule has 2 aromatic carbocycles. The van der Waals surface area contributed by atoms with E-state index < -0.39 is 0 Å². The number of halogens is 2. The van der Waals surface area contributed by atoms with Crippen molar-refractivity contribution in [1.29, 1.82) is 0 Å². The minimum absolute atomic E-state index is 0.106. The van der Waals surface area contributed by atoms with Gasteiger partial charge in [0.05, 0.1) is 5.69 Å². The first kappa shape index (κ1) is 14.3. The zero-order valence-corrected chi connectivity index (χ0v) is 13.8. The van der Waals surface area contributed by atoms with Crippen LogP contribution in [0.25, 0.3) is 0 Å². The highest BCUT2D eigenvalue weighted by Crippen LogP contribution is 2.27. The largest absolute Gasteiger partial charge is 0.321 e. The zero-order chi connectivity index (χ0) is 14.0. The van der Waals surface area contributed by atoms with Crippen molar-refractivity contribution in [3.63, 3.8) is 0 Å². The van der Waals surface area contributed by atoms with Crippen LogP contribution in [0.4, 0.5) is 5.69 Å².